The third kappa shape index (κ3) is 4.18. The molecular weight excluding hydrogens is 285 g/mol. The van der Waals surface area contributed by atoms with Gasteiger partial charge in [-0.15, -0.1) is 11.6 Å². The Bertz CT molecular complexity index is 302. The zero-order chi connectivity index (χ0) is 10.6. The van der Waals surface area contributed by atoms with Crippen molar-refractivity contribution in [1.82, 2.24) is 5.32 Å². The smallest absolute Gasteiger partial charge is 0.0462 e. The first-order valence-corrected chi connectivity index (χ1v) is 5.99. The van der Waals surface area contributed by atoms with Crippen LogP contribution in [0.25, 0.3) is 0 Å². The monoisotopic (exact) mass is 295 g/mol. The van der Waals surface area contributed by atoms with E-state index in [1.807, 2.05) is 25.1 Å². The van der Waals surface area contributed by atoms with Crippen molar-refractivity contribution in [3.63, 3.8) is 0 Å². The zero-order valence-corrected chi connectivity index (χ0v) is 11.0. The first-order valence-electron chi connectivity index (χ1n) is 4.38. The number of rotatable bonds is 4. The van der Waals surface area contributed by atoms with Crippen LogP contribution in [0.1, 0.15) is 12.5 Å². The van der Waals surface area contributed by atoms with Gasteiger partial charge in [-0.25, -0.2) is 0 Å². The van der Waals surface area contributed by atoms with Crippen molar-refractivity contribution in [2.75, 3.05) is 6.54 Å². The quantitative estimate of drug-likeness (QED) is 0.833. The van der Waals surface area contributed by atoms with Gasteiger partial charge in [-0.1, -0.05) is 33.6 Å². The Labute approximate surface area is 103 Å². The Morgan fingerprint density at radius 1 is 1.50 bits per heavy atom. The van der Waals surface area contributed by atoms with Gasteiger partial charge in [0.15, 0.2) is 0 Å². The molecule has 1 N–H and O–H groups in total. The van der Waals surface area contributed by atoms with Crippen LogP contribution < -0.4 is 5.32 Å². The van der Waals surface area contributed by atoms with E-state index >= 15 is 0 Å². The lowest BCUT2D eigenvalue weighted by Crippen LogP contribution is -2.20. The van der Waals surface area contributed by atoms with Crippen molar-refractivity contribution in [3.8, 4) is 0 Å². The third-order valence-electron chi connectivity index (χ3n) is 1.76. The highest BCUT2D eigenvalue weighted by Gasteiger charge is 2.01. The molecule has 0 spiro atoms. The predicted octanol–water partition coefficient (Wildman–Crippen LogP) is 3.82. The third-order valence-corrected chi connectivity index (χ3v) is 2.76. The van der Waals surface area contributed by atoms with Crippen molar-refractivity contribution in [2.24, 2.45) is 0 Å². The molecule has 0 amide bonds. The van der Waals surface area contributed by atoms with Crippen molar-refractivity contribution >= 4 is 39.1 Å². The van der Waals surface area contributed by atoms with E-state index in [0.29, 0.717) is 0 Å². The molecule has 0 saturated heterocycles. The first-order chi connectivity index (χ1) is 6.59. The molecule has 14 heavy (non-hydrogen) atoms. The van der Waals surface area contributed by atoms with E-state index in [-0.39, 0.29) is 5.38 Å². The molecule has 0 bridgehead atoms. The summed E-state index contributed by atoms with van der Waals surface area (Å²) in [6.45, 7) is 3.49. The van der Waals surface area contributed by atoms with Gasteiger partial charge in [-0.05, 0) is 24.6 Å². The van der Waals surface area contributed by atoms with Crippen LogP contribution in [0.2, 0.25) is 5.02 Å². The molecule has 0 saturated carbocycles. The molecule has 1 aromatic carbocycles. The molecule has 0 radical (unpaired) electrons. The molecule has 1 unspecified atom stereocenters. The summed E-state index contributed by atoms with van der Waals surface area (Å²) in [5, 5.41) is 4.14. The topological polar surface area (TPSA) is 12.0 Å². The SMILES string of the molecule is CC(Cl)CNCc1ccc(Br)cc1Cl. The number of benzene rings is 1. The maximum Gasteiger partial charge on any atom is 0.0462 e. The summed E-state index contributed by atoms with van der Waals surface area (Å²) < 4.78 is 0.997. The fourth-order valence-corrected chi connectivity index (χ4v) is 1.92. The van der Waals surface area contributed by atoms with Crippen LogP contribution in [0.4, 0.5) is 0 Å². The van der Waals surface area contributed by atoms with Crippen LogP contribution in [-0.4, -0.2) is 11.9 Å². The van der Waals surface area contributed by atoms with Gasteiger partial charge >= 0.3 is 0 Å². The number of hydrogen-bond acceptors (Lipinski definition) is 1. The Balaban J connectivity index is 2.51. The molecule has 78 valence electrons. The predicted molar refractivity (Wildman–Crippen MR) is 66.2 cm³/mol. The maximum atomic E-state index is 6.04. The van der Waals surface area contributed by atoms with Crippen LogP contribution >= 0.6 is 39.1 Å². The Morgan fingerprint density at radius 3 is 2.79 bits per heavy atom. The Kier molecular flexibility index (Phi) is 5.24. The summed E-state index contributed by atoms with van der Waals surface area (Å²) in [7, 11) is 0. The van der Waals surface area contributed by atoms with Gasteiger partial charge in [-0.2, -0.15) is 0 Å². The zero-order valence-electron chi connectivity index (χ0n) is 7.86. The summed E-state index contributed by atoms with van der Waals surface area (Å²) in [6.07, 6.45) is 0. The summed E-state index contributed by atoms with van der Waals surface area (Å²) in [5.41, 5.74) is 1.09. The second-order valence-electron chi connectivity index (χ2n) is 3.15. The van der Waals surface area contributed by atoms with Crippen LogP contribution in [0, 0.1) is 0 Å². The van der Waals surface area contributed by atoms with Crippen LogP contribution in [-0.2, 0) is 6.54 Å². The van der Waals surface area contributed by atoms with E-state index in [9.17, 15) is 0 Å². The Morgan fingerprint density at radius 2 is 2.21 bits per heavy atom. The van der Waals surface area contributed by atoms with E-state index in [2.05, 4.69) is 21.2 Å². The summed E-state index contributed by atoms with van der Waals surface area (Å²) >= 11 is 15.2. The lowest BCUT2D eigenvalue weighted by Gasteiger charge is -2.07. The fourth-order valence-electron chi connectivity index (χ4n) is 1.07. The second-order valence-corrected chi connectivity index (χ2v) is 5.22. The average molecular weight is 297 g/mol. The van der Waals surface area contributed by atoms with Crippen LogP contribution in [0.3, 0.4) is 0 Å². The van der Waals surface area contributed by atoms with E-state index in [0.717, 1.165) is 28.1 Å². The van der Waals surface area contributed by atoms with Crippen molar-refractivity contribution in [1.29, 1.82) is 0 Å². The minimum absolute atomic E-state index is 0.143. The molecule has 1 rings (SSSR count). The summed E-state index contributed by atoms with van der Waals surface area (Å²) in [5.74, 6) is 0. The fraction of sp³-hybridized carbons (Fsp3) is 0.400. The van der Waals surface area contributed by atoms with E-state index in [4.69, 9.17) is 23.2 Å². The molecule has 0 heterocycles. The molecular formula is C10H12BrCl2N. The van der Waals surface area contributed by atoms with Gasteiger partial charge in [-0.3, -0.25) is 0 Å². The van der Waals surface area contributed by atoms with Gasteiger partial charge in [0, 0.05) is 28.0 Å². The maximum absolute atomic E-state index is 6.04. The van der Waals surface area contributed by atoms with Gasteiger partial charge in [0.2, 0.25) is 0 Å². The van der Waals surface area contributed by atoms with Gasteiger partial charge < -0.3 is 5.32 Å². The van der Waals surface area contributed by atoms with E-state index in [1.54, 1.807) is 0 Å². The molecule has 0 aromatic heterocycles. The van der Waals surface area contributed by atoms with E-state index < -0.39 is 0 Å². The Hall–Kier alpha value is 0.240. The first kappa shape index (κ1) is 12.3. The van der Waals surface area contributed by atoms with Crippen LogP contribution in [0.5, 0.6) is 0 Å². The highest BCUT2D eigenvalue weighted by molar-refractivity contribution is 9.10. The lowest BCUT2D eigenvalue weighted by atomic mass is 10.2. The van der Waals surface area contributed by atoms with Crippen molar-refractivity contribution in [2.45, 2.75) is 18.8 Å². The number of alkyl halides is 1. The summed E-state index contributed by atoms with van der Waals surface area (Å²) in [4.78, 5) is 0. The van der Waals surface area contributed by atoms with Crippen molar-refractivity contribution in [3.05, 3.63) is 33.3 Å². The highest BCUT2D eigenvalue weighted by Crippen LogP contribution is 2.21. The molecule has 1 atom stereocenters. The largest absolute Gasteiger partial charge is 0.311 e. The molecule has 0 aliphatic rings. The molecule has 0 aliphatic carbocycles. The van der Waals surface area contributed by atoms with E-state index in [1.165, 1.54) is 0 Å². The molecule has 4 heteroatoms. The van der Waals surface area contributed by atoms with Gasteiger partial charge in [0.1, 0.15) is 0 Å². The number of hydrogen-bond donors (Lipinski definition) is 1. The molecule has 0 fully saturated rings. The van der Waals surface area contributed by atoms with Crippen molar-refractivity contribution < 1.29 is 0 Å². The normalized spacial score (nSPS) is 12.9. The summed E-state index contributed by atoms with van der Waals surface area (Å²) in [6, 6.07) is 5.87. The standard InChI is InChI=1S/C10H12BrCl2N/c1-7(12)5-14-6-8-2-3-9(11)4-10(8)13/h2-4,7,14H,5-6H2,1H3. The number of halogens is 3. The number of nitrogens with one attached hydrogen (secondary N) is 1. The lowest BCUT2D eigenvalue weighted by molar-refractivity contribution is 0.680. The molecule has 0 aliphatic heterocycles. The van der Waals surface area contributed by atoms with Gasteiger partial charge in [0.05, 0.1) is 0 Å². The van der Waals surface area contributed by atoms with Gasteiger partial charge in [0.25, 0.3) is 0 Å². The second kappa shape index (κ2) is 5.96. The highest BCUT2D eigenvalue weighted by atomic mass is 79.9. The molecule has 1 nitrogen and oxygen atoms in total. The minimum Gasteiger partial charge on any atom is -0.311 e. The average Bonchev–Trinajstić information content (AvgIpc) is 2.08. The molecule has 1 aromatic rings. The minimum atomic E-state index is 0.143. The van der Waals surface area contributed by atoms with Crippen LogP contribution in [0.15, 0.2) is 22.7 Å².